The summed E-state index contributed by atoms with van der Waals surface area (Å²) in [6, 6.07) is 52.5. The second-order valence-corrected chi connectivity index (χ2v) is 40.3. The predicted octanol–water partition coefficient (Wildman–Crippen LogP) is 20.6. The van der Waals surface area contributed by atoms with Crippen LogP contribution in [0.25, 0.3) is 51.1 Å². The van der Waals surface area contributed by atoms with Crippen LogP contribution in [0.4, 0.5) is 29.1 Å². The average Bonchev–Trinajstić information content (AvgIpc) is 1.62. The zero-order chi connectivity index (χ0) is 101. The van der Waals surface area contributed by atoms with E-state index < -0.39 is 11.9 Å². The molecule has 6 N–H and O–H groups in total. The maximum absolute atomic E-state index is 12.6. The molecule has 30 nitrogen and oxygen atoms in total. The third-order valence-electron chi connectivity index (χ3n) is 25.3. The molecule has 15 aromatic rings. The molecule has 0 radical (unpaired) electrons. The highest BCUT2D eigenvalue weighted by molar-refractivity contribution is 7.20. The lowest BCUT2D eigenvalue weighted by Gasteiger charge is -2.25. The van der Waals surface area contributed by atoms with Gasteiger partial charge in [0.25, 0.3) is 5.91 Å². The van der Waals surface area contributed by atoms with E-state index in [1.807, 2.05) is 89.5 Å². The van der Waals surface area contributed by atoms with Crippen molar-refractivity contribution < 1.29 is 43.4 Å². The van der Waals surface area contributed by atoms with Crippen molar-refractivity contribution in [2.75, 3.05) is 60.4 Å². The number of esters is 1. The molecule has 5 aliphatic rings. The van der Waals surface area contributed by atoms with Gasteiger partial charge in [-0.15, -0.1) is 56.7 Å². The van der Waals surface area contributed by atoms with Crippen molar-refractivity contribution in [2.24, 2.45) is 0 Å². The third kappa shape index (κ3) is 24.0. The minimum atomic E-state index is -1.14. The van der Waals surface area contributed by atoms with Gasteiger partial charge >= 0.3 is 11.9 Å². The molecule has 5 atom stereocenters. The van der Waals surface area contributed by atoms with Crippen molar-refractivity contribution in [2.45, 2.75) is 176 Å². The Morgan fingerprint density at radius 2 is 0.660 bits per heavy atom. The van der Waals surface area contributed by atoms with Gasteiger partial charge in [-0.1, -0.05) is 205 Å². The van der Waals surface area contributed by atoms with Crippen molar-refractivity contribution >= 4 is 178 Å². The van der Waals surface area contributed by atoms with E-state index in [1.54, 1.807) is 123 Å². The van der Waals surface area contributed by atoms with E-state index in [0.717, 1.165) is 164 Å². The van der Waals surface area contributed by atoms with E-state index in [0.29, 0.717) is 65.4 Å². The number of thiophene rings is 5. The van der Waals surface area contributed by atoms with Crippen LogP contribution in [0, 0.1) is 11.8 Å². The fraction of sp³-hybridized carbons (Fsp3) is 0.294. The Balaban J connectivity index is 0.000000129. The Hall–Kier alpha value is -14.9. The van der Waals surface area contributed by atoms with Crippen LogP contribution in [0.2, 0.25) is 0 Å². The second kappa shape index (κ2) is 48.2. The van der Waals surface area contributed by atoms with Gasteiger partial charge in [-0.25, -0.2) is 59.4 Å². The molecule has 0 spiro atoms. The first-order valence-corrected chi connectivity index (χ1v) is 52.1. The van der Waals surface area contributed by atoms with Crippen LogP contribution in [0.1, 0.15) is 191 Å². The summed E-state index contributed by atoms with van der Waals surface area (Å²) in [6.45, 7) is 24.4. The topological polar surface area (TPSA) is 357 Å². The quantitative estimate of drug-likeness (QED) is 0.0144. The van der Waals surface area contributed by atoms with Gasteiger partial charge in [-0.05, 0) is 112 Å². The summed E-state index contributed by atoms with van der Waals surface area (Å²) in [6.07, 6.45) is 22.8. The molecule has 0 saturated carbocycles. The Kier molecular flexibility index (Phi) is 34.2. The number of nitrogens with one attached hydrogen (secondary N) is 5. The summed E-state index contributed by atoms with van der Waals surface area (Å²) in [5, 5.41) is 31.8. The van der Waals surface area contributed by atoms with Crippen LogP contribution in [-0.4, -0.2) is 160 Å². The number of benzene rings is 5. The molecule has 5 amide bonds. The number of amides is 5. The first-order chi connectivity index (χ1) is 70.1. The molecule has 0 saturated heterocycles. The van der Waals surface area contributed by atoms with Gasteiger partial charge in [0.2, 0.25) is 23.6 Å². The van der Waals surface area contributed by atoms with Gasteiger partial charge in [0.15, 0.2) is 0 Å². The van der Waals surface area contributed by atoms with E-state index >= 15 is 0 Å². The summed E-state index contributed by atoms with van der Waals surface area (Å²) in [7, 11) is 3.98. The number of rotatable bonds is 29. The second-order valence-electron chi connectivity index (χ2n) is 34.9. The minimum Gasteiger partial charge on any atom is -0.478 e. The standard InChI is InChI=1S/C23H27N5OS.C23H24N4O3S.C22H22N4OS.C21H20N4O3S.C20H20N4OS/c1-4-18(16-9-6-5-7-10-16)26-22-21-17-13-28(20(29)11-8-12-27(2)3)14-19(17)30-23(21)25-15-24-22;1-3-17(15-8-6-5-7-9-15)26-22-21-16-12-27(19(28)10-11-20(29)30-4-2)13-18(16)31-23(21)25-14-24-22;1-3-8-19(27)26-12-11-16-18(13-26)28-22-20(16)21(23-14-24-22)25-17(4-2)15-9-6-5-7-10-15;1-2-15(13-6-4-3-5-7-13)24-20-19-14-10-25(17(26)8-9-18(27)28)11-16(14)29-21(19)23-12-22-20;1-3-15(13-8-6-5-7-9-13)23-19-18-14-10-24(17(25)4-2)11-16(14)26-20(18)22-12-21-19/h5-11,15,18H,4,12-14H2,1-3H3,(H,24,25,26);5-11,14,17H,3-4,12-13H2,1-2H3,(H,24,25,26);5-7,9-10,14,17H,4,11-13H2,1-2H3,(H,23,24,25);3-9,12,15H,2,10-11H2,1H3,(H,27,28)(H,22,23,24);4-9,12,15H,2-3,10-11H2,1H3,(H,21,22,23)/b11-8+;11-10+;;9-8+;/t18-;2*17-;2*15-/m11111/s1. The van der Waals surface area contributed by atoms with Gasteiger partial charge in [0.1, 0.15) is 84.9 Å². The number of carbonyl (C=O) groups is 7. The van der Waals surface area contributed by atoms with Crippen molar-refractivity contribution in [1.29, 1.82) is 0 Å². The third-order valence-corrected chi connectivity index (χ3v) is 31.0. The lowest BCUT2D eigenvalue weighted by Crippen LogP contribution is -2.34. The van der Waals surface area contributed by atoms with Crippen molar-refractivity contribution in [3.05, 3.63) is 312 Å². The number of ether oxygens (including phenoxy) is 1. The molecule has 5 aromatic carbocycles. The Bertz CT molecular complexity index is 7310. The SMILES string of the molecule is C=CC(=O)N1Cc2sc3ncnc(N[C@H](CC)c4ccccc4)c3c2C1.CC#CC(=O)N1CCc2c(sc3ncnc(N[C@H](CC)c4ccccc4)c23)C1.CCOC(=O)/C=C/C(=O)N1Cc2sc3ncnc(N[C@H](CC)c4ccccc4)c3c2C1.CC[C@@H](Nc1ncnc2sc3c(c12)CN(C(=O)/C=C/C(=O)O)C3)c1ccccc1.CC[C@@H](Nc1ncnc2sc3c(c12)CN(C(=O)/C=C/CN(C)C)C3)c1ccccc1. The molecule has 35 heteroatoms. The first kappa shape index (κ1) is 102. The number of aromatic nitrogens is 10. The molecule has 5 aliphatic heterocycles. The highest BCUT2D eigenvalue weighted by Gasteiger charge is 2.36. The summed E-state index contributed by atoms with van der Waals surface area (Å²) in [5.74, 6) is 7.20. The van der Waals surface area contributed by atoms with Crippen LogP contribution in [0.3, 0.4) is 0 Å². The minimum absolute atomic E-state index is 0.0383. The summed E-state index contributed by atoms with van der Waals surface area (Å²) in [4.78, 5) is 150. The number of carboxylic acid groups (broad SMARTS) is 1. The molecule has 0 bridgehead atoms. The van der Waals surface area contributed by atoms with Crippen molar-refractivity contribution in [1.82, 2.24) is 79.2 Å². The smallest absolute Gasteiger partial charge is 0.330 e. The number of hydrogen-bond acceptors (Lipinski definition) is 29. The number of likely N-dealkylation sites (N-methyl/N-ethyl adjacent to an activating group) is 1. The van der Waals surface area contributed by atoms with E-state index in [1.165, 1.54) is 71.8 Å². The molecule has 0 unspecified atom stereocenters. The van der Waals surface area contributed by atoms with Crippen molar-refractivity contribution in [3.8, 4) is 11.8 Å². The Morgan fingerprint density at radius 1 is 0.382 bits per heavy atom. The predicted molar refractivity (Wildman–Crippen MR) is 573 cm³/mol. The molecular weight excluding hydrogens is 1910 g/mol. The number of fused-ring (bicyclic) bond motifs is 15. The van der Waals surface area contributed by atoms with E-state index in [4.69, 9.17) is 9.84 Å². The number of nitrogens with zero attached hydrogens (tertiary/aromatic N) is 16. The fourth-order valence-corrected chi connectivity index (χ4v) is 24.0. The van der Waals surface area contributed by atoms with Gasteiger partial charge in [-0.2, -0.15) is 0 Å². The van der Waals surface area contributed by atoms with Gasteiger partial charge in [0, 0.05) is 116 Å². The molecule has 144 heavy (non-hydrogen) atoms. The number of anilines is 5. The monoisotopic (exact) mass is 2020 g/mol. The van der Waals surface area contributed by atoms with Gasteiger partial charge in [-0.3, -0.25) is 24.0 Å². The van der Waals surface area contributed by atoms with E-state index in [-0.39, 0.29) is 66.4 Å². The number of hydrogen-bond donors (Lipinski definition) is 6. The molecule has 0 fully saturated rings. The molecule has 10 aromatic heterocycles. The molecule has 15 heterocycles. The lowest BCUT2D eigenvalue weighted by molar-refractivity contribution is -0.138. The Labute approximate surface area is 855 Å². The van der Waals surface area contributed by atoms with Crippen LogP contribution >= 0.6 is 56.7 Å². The zero-order valence-corrected chi connectivity index (χ0v) is 85.7. The van der Waals surface area contributed by atoms with Crippen LogP contribution in [-0.2, 0) is 104 Å². The van der Waals surface area contributed by atoms with Crippen LogP contribution < -0.4 is 26.6 Å². The van der Waals surface area contributed by atoms with Gasteiger partial charge in [0.05, 0.1) is 96.5 Å². The number of aliphatic carboxylic acids is 1. The van der Waals surface area contributed by atoms with Crippen LogP contribution in [0.5, 0.6) is 0 Å². The van der Waals surface area contributed by atoms with Crippen molar-refractivity contribution in [3.63, 3.8) is 0 Å². The fourth-order valence-electron chi connectivity index (χ4n) is 18.1. The first-order valence-electron chi connectivity index (χ1n) is 48.1. The Morgan fingerprint density at radius 3 is 0.938 bits per heavy atom. The molecule has 20 rings (SSSR count). The highest BCUT2D eigenvalue weighted by Crippen LogP contribution is 2.47. The lowest BCUT2D eigenvalue weighted by atomic mass is 10.0. The van der Waals surface area contributed by atoms with E-state index in [9.17, 15) is 33.6 Å². The van der Waals surface area contributed by atoms with Gasteiger partial charge < -0.3 is 65.8 Å². The largest absolute Gasteiger partial charge is 0.478 e. The summed E-state index contributed by atoms with van der Waals surface area (Å²) < 4.78 is 4.84. The molecule has 0 aliphatic carbocycles. The number of carboxylic acids is 1. The van der Waals surface area contributed by atoms with Crippen LogP contribution in [0.15, 0.2) is 232 Å². The summed E-state index contributed by atoms with van der Waals surface area (Å²) in [5.41, 5.74) is 11.8. The maximum Gasteiger partial charge on any atom is 0.330 e. The highest BCUT2D eigenvalue weighted by atomic mass is 32.1. The molecule has 738 valence electrons. The normalized spacial score (nSPS) is 14.3. The number of carbonyl (C=O) groups excluding carboxylic acids is 6. The summed E-state index contributed by atoms with van der Waals surface area (Å²) >= 11 is 8.09. The van der Waals surface area contributed by atoms with E-state index in [2.05, 4.69) is 227 Å². The zero-order valence-electron chi connectivity index (χ0n) is 81.6. The molecular formula is C109H113N21O9S5. The maximum atomic E-state index is 12.6. The average molecular weight is 2020 g/mol.